The molecule has 1 rings (SSSR count). The van der Waals surface area contributed by atoms with Gasteiger partial charge in [0.1, 0.15) is 6.10 Å². The molecule has 10 heteroatoms. The molecule has 0 saturated carbocycles. The number of carbonyl (C=O) groups excluding carboxylic acids is 5. The molecule has 9 nitrogen and oxygen atoms in total. The molecule has 206 valence electrons. The van der Waals surface area contributed by atoms with Crippen LogP contribution in [0.25, 0.3) is 0 Å². The predicted molar refractivity (Wildman–Crippen MR) is 136 cm³/mol. The number of hydrogen-bond acceptors (Lipinski definition) is 9. The Bertz CT molecular complexity index is 934. The summed E-state index contributed by atoms with van der Waals surface area (Å²) in [4.78, 5) is 60.5. The summed E-state index contributed by atoms with van der Waals surface area (Å²) < 4.78 is 21.1. The Morgan fingerprint density at radius 1 is 1.00 bits per heavy atom. The van der Waals surface area contributed by atoms with Crippen LogP contribution in [0.3, 0.4) is 0 Å². The summed E-state index contributed by atoms with van der Waals surface area (Å²) in [5.41, 5.74) is -1.53. The van der Waals surface area contributed by atoms with Crippen molar-refractivity contribution < 1.29 is 42.9 Å². The lowest BCUT2D eigenvalue weighted by Crippen LogP contribution is -2.38. The van der Waals surface area contributed by atoms with Gasteiger partial charge in [0.2, 0.25) is 5.78 Å². The van der Waals surface area contributed by atoms with Crippen LogP contribution in [0.15, 0.2) is 34.9 Å². The predicted octanol–water partition coefficient (Wildman–Crippen LogP) is 4.65. The van der Waals surface area contributed by atoms with Crippen LogP contribution in [0.1, 0.15) is 79.1 Å². The van der Waals surface area contributed by atoms with Crippen LogP contribution < -0.4 is 0 Å². The van der Waals surface area contributed by atoms with Gasteiger partial charge >= 0.3 is 23.9 Å². The summed E-state index contributed by atoms with van der Waals surface area (Å²) in [7, 11) is 1.26. The van der Waals surface area contributed by atoms with E-state index in [0.29, 0.717) is 0 Å². The molecule has 3 atom stereocenters. The first kappa shape index (κ1) is 32.1. The average Bonchev–Trinajstić information content (AvgIpc) is 3.03. The molecule has 0 aliphatic heterocycles. The number of carbonyl (C=O) groups is 5. The minimum atomic E-state index is -1.52. The summed E-state index contributed by atoms with van der Waals surface area (Å²) in [5, 5.41) is -0.150. The molecule has 3 unspecified atom stereocenters. The highest BCUT2D eigenvalue weighted by Gasteiger charge is 2.46. The van der Waals surface area contributed by atoms with Crippen molar-refractivity contribution in [2.45, 2.75) is 96.9 Å². The van der Waals surface area contributed by atoms with Crippen molar-refractivity contribution in [1.29, 1.82) is 0 Å². The molecule has 0 radical (unpaired) electrons. The molecule has 0 aromatic rings. The molecule has 0 fully saturated rings. The highest BCUT2D eigenvalue weighted by atomic mass is 35.5. The van der Waals surface area contributed by atoms with Crippen LogP contribution in [0.5, 0.6) is 0 Å². The Kier molecular flexibility index (Phi) is 13.9. The Morgan fingerprint density at radius 3 is 2.24 bits per heavy atom. The smallest absolute Gasteiger partial charge is 0.305 e. The lowest BCUT2D eigenvalue weighted by atomic mass is 9.89. The number of rotatable bonds is 15. The molecule has 0 saturated heterocycles. The van der Waals surface area contributed by atoms with Crippen molar-refractivity contribution in [2.75, 3.05) is 7.11 Å². The average molecular weight is 541 g/mol. The topological polar surface area (TPSA) is 122 Å². The first-order valence-electron chi connectivity index (χ1n) is 12.4. The SMILES string of the molecule is CCCCCC=CCC1(OC(C)=O)C=C(Cl)C(=O)C1=CC(OC(C)=O)C(CCCC(=O)OC)OC(C)=O. The van der Waals surface area contributed by atoms with Gasteiger partial charge in [-0.25, -0.2) is 0 Å². The number of allylic oxidation sites excluding steroid dienone is 2. The summed E-state index contributed by atoms with van der Waals surface area (Å²) in [5.74, 6) is -3.03. The van der Waals surface area contributed by atoms with Gasteiger partial charge in [0.25, 0.3) is 0 Å². The van der Waals surface area contributed by atoms with E-state index in [0.717, 1.165) is 25.7 Å². The number of ether oxygens (including phenoxy) is 4. The van der Waals surface area contributed by atoms with E-state index in [1.165, 1.54) is 40.0 Å². The summed E-state index contributed by atoms with van der Waals surface area (Å²) in [6.45, 7) is 5.68. The summed E-state index contributed by atoms with van der Waals surface area (Å²) in [6, 6.07) is 0. The van der Waals surface area contributed by atoms with Crippen LogP contribution in [0.2, 0.25) is 0 Å². The number of halogens is 1. The maximum absolute atomic E-state index is 13.1. The van der Waals surface area contributed by atoms with Crippen molar-refractivity contribution >= 4 is 41.3 Å². The largest absolute Gasteiger partial charge is 0.469 e. The second-order valence-electron chi connectivity index (χ2n) is 8.75. The van der Waals surface area contributed by atoms with Crippen molar-refractivity contribution in [3.8, 4) is 0 Å². The van der Waals surface area contributed by atoms with E-state index in [-0.39, 0.29) is 36.3 Å². The molecule has 0 aromatic heterocycles. The van der Waals surface area contributed by atoms with Crippen LogP contribution >= 0.6 is 11.6 Å². The monoisotopic (exact) mass is 540 g/mol. The minimum absolute atomic E-state index is 0.0118. The Hall–Kier alpha value is -2.94. The summed E-state index contributed by atoms with van der Waals surface area (Å²) >= 11 is 6.20. The van der Waals surface area contributed by atoms with Crippen molar-refractivity contribution in [3.63, 3.8) is 0 Å². The maximum Gasteiger partial charge on any atom is 0.305 e. The van der Waals surface area contributed by atoms with E-state index in [9.17, 15) is 24.0 Å². The van der Waals surface area contributed by atoms with Gasteiger partial charge in [0, 0.05) is 39.2 Å². The van der Waals surface area contributed by atoms with Gasteiger partial charge in [-0.3, -0.25) is 24.0 Å². The third-order valence-corrected chi connectivity index (χ3v) is 5.86. The van der Waals surface area contributed by atoms with Gasteiger partial charge in [-0.2, -0.15) is 0 Å². The second-order valence-corrected chi connectivity index (χ2v) is 9.15. The fourth-order valence-corrected chi connectivity index (χ4v) is 4.23. The lowest BCUT2D eigenvalue weighted by Gasteiger charge is -2.30. The van der Waals surface area contributed by atoms with Gasteiger partial charge in [0.15, 0.2) is 11.7 Å². The van der Waals surface area contributed by atoms with E-state index in [4.69, 9.17) is 25.8 Å². The zero-order valence-electron chi connectivity index (χ0n) is 22.2. The Balaban J connectivity index is 3.44. The zero-order valence-corrected chi connectivity index (χ0v) is 22.9. The highest BCUT2D eigenvalue weighted by Crippen LogP contribution is 2.40. The molecular weight excluding hydrogens is 504 g/mol. The molecule has 37 heavy (non-hydrogen) atoms. The van der Waals surface area contributed by atoms with Crippen LogP contribution in [-0.2, 0) is 42.9 Å². The highest BCUT2D eigenvalue weighted by molar-refractivity contribution is 6.46. The molecule has 0 spiro atoms. The normalized spacial score (nSPS) is 19.9. The van der Waals surface area contributed by atoms with Crippen molar-refractivity contribution in [3.05, 3.63) is 34.9 Å². The Morgan fingerprint density at radius 2 is 1.68 bits per heavy atom. The van der Waals surface area contributed by atoms with Crippen LogP contribution in [0, 0.1) is 0 Å². The van der Waals surface area contributed by atoms with Crippen LogP contribution in [0.4, 0.5) is 0 Å². The van der Waals surface area contributed by atoms with E-state index < -0.39 is 47.5 Å². The van der Waals surface area contributed by atoms with Gasteiger partial charge in [-0.1, -0.05) is 43.5 Å². The molecular formula is C27H37ClO9. The fraction of sp³-hybridized carbons (Fsp3) is 0.593. The standard InChI is InChI=1S/C27H37ClO9/c1-6-7-8-9-10-11-15-27(37-20(4)31)17-22(28)26(33)21(27)16-24(36-19(3)30)23(35-18(2)29)13-12-14-25(32)34-5/h10-11,16-17,23-24H,6-9,12-15H2,1-5H3. The number of hydrogen-bond donors (Lipinski definition) is 0. The first-order valence-corrected chi connectivity index (χ1v) is 12.7. The first-order chi connectivity index (χ1) is 17.5. The maximum atomic E-state index is 13.1. The Labute approximate surface area is 223 Å². The third-order valence-electron chi connectivity index (χ3n) is 5.58. The third kappa shape index (κ3) is 10.9. The fourth-order valence-electron chi connectivity index (χ4n) is 3.95. The molecule has 1 aliphatic rings. The van der Waals surface area contributed by atoms with Gasteiger partial charge in [-0.05, 0) is 37.8 Å². The zero-order chi connectivity index (χ0) is 28.0. The van der Waals surface area contributed by atoms with Crippen molar-refractivity contribution in [1.82, 2.24) is 0 Å². The van der Waals surface area contributed by atoms with Gasteiger partial charge in [0.05, 0.1) is 12.1 Å². The molecule has 0 amide bonds. The molecule has 0 N–H and O–H groups in total. The van der Waals surface area contributed by atoms with E-state index in [1.54, 1.807) is 0 Å². The van der Waals surface area contributed by atoms with Gasteiger partial charge < -0.3 is 18.9 Å². The molecule has 1 aliphatic carbocycles. The van der Waals surface area contributed by atoms with E-state index in [2.05, 4.69) is 11.7 Å². The number of ketones is 1. The van der Waals surface area contributed by atoms with E-state index >= 15 is 0 Å². The number of unbranched alkanes of at least 4 members (excludes halogenated alkanes) is 3. The minimum Gasteiger partial charge on any atom is -0.469 e. The molecule has 0 heterocycles. The van der Waals surface area contributed by atoms with Crippen LogP contribution in [-0.4, -0.2) is 54.6 Å². The lowest BCUT2D eigenvalue weighted by molar-refractivity contribution is -0.162. The van der Waals surface area contributed by atoms with E-state index in [1.807, 2.05) is 12.2 Å². The second kappa shape index (κ2) is 16.0. The molecule has 0 bridgehead atoms. The summed E-state index contributed by atoms with van der Waals surface area (Å²) in [6.07, 6.45) is 8.73. The number of methoxy groups -OCH3 is 1. The van der Waals surface area contributed by atoms with Crippen molar-refractivity contribution in [2.24, 2.45) is 0 Å². The quantitative estimate of drug-likeness (QED) is 0.0959. The number of esters is 4. The number of Topliss-reactive ketones (excluding diaryl/α,β-unsaturated/α-hetero) is 1. The molecule has 0 aromatic carbocycles. The van der Waals surface area contributed by atoms with Gasteiger partial charge in [-0.15, -0.1) is 0 Å².